The Kier molecular flexibility index (Phi) is 10.5. The minimum atomic E-state index is -1.01. The standard InChI is InChI=1S/C25H40O5/c1-3-4-5-6-7-8-9-10-11-12-13-14-15-16-25(29-2)19-20-17-21(26)18-22(27)23(20)24(28)30-25/h17-18,26-27H,3-16,19H2,1-2H3/t25-/m0/s1. The summed E-state index contributed by atoms with van der Waals surface area (Å²) < 4.78 is 11.2. The van der Waals surface area contributed by atoms with Crippen LogP contribution in [-0.2, 0) is 15.9 Å². The van der Waals surface area contributed by atoms with Crippen molar-refractivity contribution in [2.24, 2.45) is 0 Å². The van der Waals surface area contributed by atoms with Crippen LogP contribution in [0.15, 0.2) is 12.1 Å². The summed E-state index contributed by atoms with van der Waals surface area (Å²) in [4.78, 5) is 12.4. The zero-order valence-corrected chi connectivity index (χ0v) is 18.9. The molecule has 0 spiro atoms. The molecular formula is C25H40O5. The smallest absolute Gasteiger partial charge is 0.344 e. The van der Waals surface area contributed by atoms with Crippen LogP contribution in [-0.4, -0.2) is 29.1 Å². The van der Waals surface area contributed by atoms with Gasteiger partial charge < -0.3 is 19.7 Å². The molecule has 1 heterocycles. The third-order valence-corrected chi connectivity index (χ3v) is 6.16. The second-order valence-electron chi connectivity index (χ2n) is 8.67. The number of phenolic OH excluding ortho intramolecular Hbond substituents is 2. The van der Waals surface area contributed by atoms with E-state index in [9.17, 15) is 15.0 Å². The van der Waals surface area contributed by atoms with Crippen molar-refractivity contribution in [3.8, 4) is 11.5 Å². The molecule has 0 aromatic heterocycles. The maximum atomic E-state index is 12.4. The van der Waals surface area contributed by atoms with Gasteiger partial charge in [0.2, 0.25) is 5.79 Å². The summed E-state index contributed by atoms with van der Waals surface area (Å²) >= 11 is 0. The maximum Gasteiger partial charge on any atom is 0.344 e. The van der Waals surface area contributed by atoms with E-state index in [0.717, 1.165) is 18.9 Å². The molecule has 1 aromatic rings. The Balaban J connectivity index is 1.63. The molecule has 2 N–H and O–H groups in total. The fraction of sp³-hybridized carbons (Fsp3) is 0.720. The van der Waals surface area contributed by atoms with Crippen LogP contribution in [0, 0.1) is 0 Å². The van der Waals surface area contributed by atoms with Crippen LogP contribution in [0.3, 0.4) is 0 Å². The molecule has 0 radical (unpaired) electrons. The van der Waals surface area contributed by atoms with E-state index in [4.69, 9.17) is 9.47 Å². The number of ether oxygens (including phenoxy) is 2. The first kappa shape index (κ1) is 24.5. The molecule has 1 aromatic carbocycles. The van der Waals surface area contributed by atoms with Crippen LogP contribution in [0.2, 0.25) is 0 Å². The molecule has 0 amide bonds. The fourth-order valence-corrected chi connectivity index (χ4v) is 4.36. The van der Waals surface area contributed by atoms with Crippen molar-refractivity contribution < 1.29 is 24.5 Å². The van der Waals surface area contributed by atoms with Crippen molar-refractivity contribution in [3.05, 3.63) is 23.3 Å². The number of carbonyl (C=O) groups is 1. The topological polar surface area (TPSA) is 76.0 Å². The summed E-state index contributed by atoms with van der Waals surface area (Å²) in [6, 6.07) is 2.67. The molecule has 0 bridgehead atoms. The SMILES string of the molecule is CCCCCCCCCCCCCCC[C@@]1(OC)Cc2cc(O)cc(O)c2C(=O)O1. The highest BCUT2D eigenvalue weighted by atomic mass is 16.7. The Morgan fingerprint density at radius 3 is 1.97 bits per heavy atom. The number of fused-ring (bicyclic) bond motifs is 1. The van der Waals surface area contributed by atoms with Gasteiger partial charge in [-0.25, -0.2) is 4.79 Å². The minimum Gasteiger partial charge on any atom is -0.508 e. The van der Waals surface area contributed by atoms with E-state index in [1.807, 2.05) is 0 Å². The Morgan fingerprint density at radius 1 is 0.900 bits per heavy atom. The number of phenols is 2. The molecule has 5 nitrogen and oxygen atoms in total. The third kappa shape index (κ3) is 7.50. The largest absolute Gasteiger partial charge is 0.508 e. The van der Waals surface area contributed by atoms with Gasteiger partial charge in [-0.15, -0.1) is 0 Å². The lowest BCUT2D eigenvalue weighted by Gasteiger charge is -2.36. The van der Waals surface area contributed by atoms with Crippen LogP contribution in [0.5, 0.6) is 11.5 Å². The zero-order valence-electron chi connectivity index (χ0n) is 18.9. The Bertz CT molecular complexity index is 657. The summed E-state index contributed by atoms with van der Waals surface area (Å²) in [6.45, 7) is 2.26. The molecule has 5 heteroatoms. The summed E-state index contributed by atoms with van der Waals surface area (Å²) in [5.74, 6) is -1.92. The highest BCUT2D eigenvalue weighted by Gasteiger charge is 2.41. The van der Waals surface area contributed by atoms with E-state index < -0.39 is 11.8 Å². The monoisotopic (exact) mass is 420 g/mol. The Labute approximate surface area is 181 Å². The number of carbonyl (C=O) groups excluding carboxylic acids is 1. The number of esters is 1. The predicted octanol–water partition coefficient (Wildman–Crippen LogP) is 6.63. The van der Waals surface area contributed by atoms with E-state index >= 15 is 0 Å². The number of methoxy groups -OCH3 is 1. The van der Waals surface area contributed by atoms with Gasteiger partial charge in [0.25, 0.3) is 0 Å². The number of hydrogen-bond acceptors (Lipinski definition) is 5. The van der Waals surface area contributed by atoms with Crippen molar-refractivity contribution in [2.45, 2.75) is 109 Å². The van der Waals surface area contributed by atoms with Crippen LogP contribution in [0.25, 0.3) is 0 Å². The van der Waals surface area contributed by atoms with E-state index in [2.05, 4.69) is 6.92 Å². The molecular weight excluding hydrogens is 380 g/mol. The quantitative estimate of drug-likeness (QED) is 0.246. The lowest BCUT2D eigenvalue weighted by molar-refractivity contribution is -0.195. The zero-order chi connectivity index (χ0) is 21.8. The lowest BCUT2D eigenvalue weighted by atomic mass is 9.91. The van der Waals surface area contributed by atoms with Crippen molar-refractivity contribution in [3.63, 3.8) is 0 Å². The number of hydrogen-bond donors (Lipinski definition) is 2. The number of aromatic hydroxyl groups is 2. The van der Waals surface area contributed by atoms with Crippen molar-refractivity contribution in [1.82, 2.24) is 0 Å². The van der Waals surface area contributed by atoms with E-state index in [0.29, 0.717) is 18.4 Å². The van der Waals surface area contributed by atoms with Gasteiger partial charge >= 0.3 is 5.97 Å². The average molecular weight is 421 g/mol. The second kappa shape index (κ2) is 12.8. The Hall–Kier alpha value is -1.75. The number of benzene rings is 1. The first-order valence-corrected chi connectivity index (χ1v) is 11.8. The van der Waals surface area contributed by atoms with Gasteiger partial charge in [-0.3, -0.25) is 0 Å². The maximum absolute atomic E-state index is 12.4. The molecule has 0 fully saturated rings. The van der Waals surface area contributed by atoms with Gasteiger partial charge in [0.15, 0.2) is 0 Å². The highest BCUT2D eigenvalue weighted by Crippen LogP contribution is 2.38. The Morgan fingerprint density at radius 2 is 1.43 bits per heavy atom. The van der Waals surface area contributed by atoms with Gasteiger partial charge in [-0.05, 0) is 18.1 Å². The molecule has 1 atom stereocenters. The molecule has 1 aliphatic rings. The van der Waals surface area contributed by atoms with Crippen molar-refractivity contribution in [2.75, 3.05) is 7.11 Å². The molecule has 1 aliphatic heterocycles. The van der Waals surface area contributed by atoms with Crippen molar-refractivity contribution in [1.29, 1.82) is 0 Å². The molecule has 0 unspecified atom stereocenters. The van der Waals surface area contributed by atoms with Crippen LogP contribution in [0.4, 0.5) is 0 Å². The number of unbranched alkanes of at least 4 members (excludes halogenated alkanes) is 12. The second-order valence-corrected chi connectivity index (χ2v) is 8.67. The molecule has 30 heavy (non-hydrogen) atoms. The van der Waals surface area contributed by atoms with Crippen LogP contribution < -0.4 is 0 Å². The van der Waals surface area contributed by atoms with E-state index in [-0.39, 0.29) is 17.1 Å². The molecule has 170 valence electrons. The summed E-state index contributed by atoms with van der Waals surface area (Å²) in [7, 11) is 1.54. The van der Waals surface area contributed by atoms with Crippen LogP contribution in [0.1, 0.15) is 113 Å². The molecule has 2 rings (SSSR count). The predicted molar refractivity (Wildman–Crippen MR) is 119 cm³/mol. The van der Waals surface area contributed by atoms with Gasteiger partial charge in [0, 0.05) is 26.0 Å². The van der Waals surface area contributed by atoms with Crippen molar-refractivity contribution >= 4 is 5.97 Å². The third-order valence-electron chi connectivity index (χ3n) is 6.16. The summed E-state index contributed by atoms with van der Waals surface area (Å²) in [6.07, 6.45) is 17.6. The summed E-state index contributed by atoms with van der Waals surface area (Å²) in [5.41, 5.74) is 0.700. The highest BCUT2D eigenvalue weighted by molar-refractivity contribution is 5.95. The molecule has 0 saturated heterocycles. The van der Waals surface area contributed by atoms with Gasteiger partial charge in [-0.1, -0.05) is 84.0 Å². The average Bonchev–Trinajstić information content (AvgIpc) is 2.70. The van der Waals surface area contributed by atoms with Gasteiger partial charge in [0.05, 0.1) is 0 Å². The van der Waals surface area contributed by atoms with Crippen LogP contribution >= 0.6 is 0 Å². The van der Waals surface area contributed by atoms with Gasteiger partial charge in [0.1, 0.15) is 17.1 Å². The first-order chi connectivity index (χ1) is 14.5. The molecule has 0 saturated carbocycles. The normalized spacial score (nSPS) is 18.3. The van der Waals surface area contributed by atoms with E-state index in [1.165, 1.54) is 76.7 Å². The summed E-state index contributed by atoms with van der Waals surface area (Å²) in [5, 5.41) is 19.7. The fourth-order valence-electron chi connectivity index (χ4n) is 4.36. The minimum absolute atomic E-state index is 0.0630. The molecule has 0 aliphatic carbocycles. The number of rotatable bonds is 15. The first-order valence-electron chi connectivity index (χ1n) is 11.8. The lowest BCUT2D eigenvalue weighted by Crippen LogP contribution is -2.43. The number of cyclic esters (lactones) is 1. The van der Waals surface area contributed by atoms with E-state index in [1.54, 1.807) is 7.11 Å². The van der Waals surface area contributed by atoms with Gasteiger partial charge in [-0.2, -0.15) is 0 Å².